The summed E-state index contributed by atoms with van der Waals surface area (Å²) in [7, 11) is 0. The molecule has 2 aromatic rings. The molecule has 1 aliphatic rings. The molecular weight excluding hydrogens is 472 g/mol. The lowest BCUT2D eigenvalue weighted by Gasteiger charge is -2.30. The monoisotopic (exact) mass is 502 g/mol. The summed E-state index contributed by atoms with van der Waals surface area (Å²) in [5.74, 6) is 0.642. The van der Waals surface area contributed by atoms with Gasteiger partial charge in [0.2, 0.25) is 11.8 Å². The topological polar surface area (TPSA) is 49.4 Å². The van der Waals surface area contributed by atoms with Crippen molar-refractivity contribution in [3.63, 3.8) is 0 Å². The van der Waals surface area contributed by atoms with Gasteiger partial charge < -0.3 is 10.2 Å². The van der Waals surface area contributed by atoms with Gasteiger partial charge in [-0.2, -0.15) is 0 Å². The van der Waals surface area contributed by atoms with E-state index in [4.69, 9.17) is 0 Å². The first-order valence-electron chi connectivity index (χ1n) is 11.0. The Kier molecular flexibility index (Phi) is 9.02. The Bertz CT molecular complexity index is 881. The van der Waals surface area contributed by atoms with Gasteiger partial charge in [-0.25, -0.2) is 0 Å². The number of nitrogens with zero attached hydrogens (tertiary/aromatic N) is 1. The number of benzene rings is 2. The SMILES string of the molecule is Cc1ccc(SCCC(=O)N(Cc2cccc(Br)c2)[C@H](C)C(=O)NC2CCCC2)cc1. The van der Waals surface area contributed by atoms with Gasteiger partial charge in [0.05, 0.1) is 0 Å². The molecule has 166 valence electrons. The van der Waals surface area contributed by atoms with Gasteiger partial charge in [0, 0.05) is 34.1 Å². The molecule has 1 saturated carbocycles. The average molecular weight is 504 g/mol. The maximum absolute atomic E-state index is 13.2. The number of rotatable bonds is 9. The molecule has 31 heavy (non-hydrogen) atoms. The number of carbonyl (C=O) groups is 2. The van der Waals surface area contributed by atoms with Gasteiger partial charge in [0.25, 0.3) is 0 Å². The average Bonchev–Trinajstić information content (AvgIpc) is 3.26. The molecule has 6 heteroatoms. The molecule has 0 heterocycles. The molecule has 0 saturated heterocycles. The minimum absolute atomic E-state index is 0.00802. The maximum atomic E-state index is 13.2. The third-order valence-corrected chi connectivity index (χ3v) is 7.22. The number of carbonyl (C=O) groups excluding carboxylic acids is 2. The van der Waals surface area contributed by atoms with Crippen LogP contribution >= 0.6 is 27.7 Å². The Balaban J connectivity index is 1.65. The van der Waals surface area contributed by atoms with E-state index in [2.05, 4.69) is 52.4 Å². The quantitative estimate of drug-likeness (QED) is 0.446. The van der Waals surface area contributed by atoms with Crippen LogP contribution in [0.3, 0.4) is 0 Å². The smallest absolute Gasteiger partial charge is 0.242 e. The number of halogens is 1. The highest BCUT2D eigenvalue weighted by atomic mass is 79.9. The first-order chi connectivity index (χ1) is 14.9. The van der Waals surface area contributed by atoms with Gasteiger partial charge in [-0.05, 0) is 56.5 Å². The Morgan fingerprint density at radius 2 is 1.87 bits per heavy atom. The largest absolute Gasteiger partial charge is 0.352 e. The predicted octanol–water partition coefficient (Wildman–Crippen LogP) is 5.72. The summed E-state index contributed by atoms with van der Waals surface area (Å²) < 4.78 is 0.968. The van der Waals surface area contributed by atoms with Crippen molar-refractivity contribution in [3.8, 4) is 0 Å². The molecule has 2 aromatic carbocycles. The van der Waals surface area contributed by atoms with Crippen molar-refractivity contribution in [3.05, 3.63) is 64.1 Å². The lowest BCUT2D eigenvalue weighted by Crippen LogP contribution is -2.49. The van der Waals surface area contributed by atoms with Crippen LogP contribution in [0.25, 0.3) is 0 Å². The minimum atomic E-state index is -0.503. The van der Waals surface area contributed by atoms with E-state index in [1.807, 2.05) is 31.2 Å². The van der Waals surface area contributed by atoms with Crippen LogP contribution < -0.4 is 5.32 Å². The lowest BCUT2D eigenvalue weighted by molar-refractivity contribution is -0.140. The zero-order valence-corrected chi connectivity index (χ0v) is 20.7. The second kappa shape index (κ2) is 11.7. The van der Waals surface area contributed by atoms with Crippen LogP contribution in [-0.4, -0.2) is 34.6 Å². The minimum Gasteiger partial charge on any atom is -0.352 e. The third kappa shape index (κ3) is 7.39. The fraction of sp³-hybridized carbons (Fsp3) is 0.440. The molecule has 3 rings (SSSR count). The highest BCUT2D eigenvalue weighted by Gasteiger charge is 2.28. The van der Waals surface area contributed by atoms with E-state index in [1.54, 1.807) is 16.7 Å². The summed E-state index contributed by atoms with van der Waals surface area (Å²) in [5, 5.41) is 3.15. The van der Waals surface area contributed by atoms with Gasteiger partial charge >= 0.3 is 0 Å². The van der Waals surface area contributed by atoms with Crippen LogP contribution in [0.5, 0.6) is 0 Å². The van der Waals surface area contributed by atoms with Crippen LogP contribution in [0.2, 0.25) is 0 Å². The number of thioether (sulfide) groups is 1. The molecule has 0 radical (unpaired) electrons. The Labute approximate surface area is 198 Å². The molecule has 1 fully saturated rings. The number of hydrogen-bond donors (Lipinski definition) is 1. The second-order valence-electron chi connectivity index (χ2n) is 8.23. The summed E-state index contributed by atoms with van der Waals surface area (Å²) >= 11 is 5.17. The van der Waals surface area contributed by atoms with Crippen LogP contribution in [0.4, 0.5) is 0 Å². The van der Waals surface area contributed by atoms with Crippen molar-refractivity contribution in [1.29, 1.82) is 0 Å². The van der Waals surface area contributed by atoms with E-state index in [9.17, 15) is 9.59 Å². The van der Waals surface area contributed by atoms with Crippen molar-refractivity contribution < 1.29 is 9.59 Å². The van der Waals surface area contributed by atoms with Crippen LogP contribution in [0.1, 0.15) is 50.2 Å². The molecule has 1 atom stereocenters. The van der Waals surface area contributed by atoms with Crippen molar-refractivity contribution in [2.45, 2.75) is 69.5 Å². The zero-order chi connectivity index (χ0) is 22.2. The molecule has 0 unspecified atom stereocenters. The van der Waals surface area contributed by atoms with E-state index in [0.29, 0.717) is 18.7 Å². The van der Waals surface area contributed by atoms with E-state index in [-0.39, 0.29) is 17.9 Å². The number of amides is 2. The molecule has 4 nitrogen and oxygen atoms in total. The Hall–Kier alpha value is -1.79. The van der Waals surface area contributed by atoms with E-state index < -0.39 is 6.04 Å². The van der Waals surface area contributed by atoms with Gasteiger partial charge in [-0.3, -0.25) is 9.59 Å². The summed E-state index contributed by atoms with van der Waals surface area (Å²) in [6.07, 6.45) is 4.79. The van der Waals surface area contributed by atoms with Gasteiger partial charge in [0.15, 0.2) is 0 Å². The van der Waals surface area contributed by atoms with Crippen molar-refractivity contribution in [2.75, 3.05) is 5.75 Å². The lowest BCUT2D eigenvalue weighted by atomic mass is 10.1. The first kappa shape index (κ1) is 23.9. The molecule has 0 spiro atoms. The van der Waals surface area contributed by atoms with E-state index in [1.165, 1.54) is 5.56 Å². The number of aryl methyl sites for hydroxylation is 1. The zero-order valence-electron chi connectivity index (χ0n) is 18.3. The fourth-order valence-corrected chi connectivity index (χ4v) is 5.13. The van der Waals surface area contributed by atoms with Crippen molar-refractivity contribution >= 4 is 39.5 Å². The highest BCUT2D eigenvalue weighted by Crippen LogP contribution is 2.22. The highest BCUT2D eigenvalue weighted by molar-refractivity contribution is 9.10. The van der Waals surface area contributed by atoms with Gasteiger partial charge in [-0.15, -0.1) is 11.8 Å². The molecule has 2 amide bonds. The Morgan fingerprint density at radius 1 is 1.16 bits per heavy atom. The van der Waals surface area contributed by atoms with E-state index >= 15 is 0 Å². The Morgan fingerprint density at radius 3 is 2.55 bits per heavy atom. The standard InChI is InChI=1S/C25H31BrN2O2S/c1-18-10-12-23(13-11-18)31-15-14-24(29)28(17-20-6-5-7-21(26)16-20)19(2)25(30)27-22-8-3-4-9-22/h5-7,10-13,16,19,22H,3-4,8-9,14-15,17H2,1-2H3,(H,27,30)/t19-/m1/s1. The maximum Gasteiger partial charge on any atom is 0.242 e. The molecule has 0 bridgehead atoms. The predicted molar refractivity (Wildman–Crippen MR) is 131 cm³/mol. The summed E-state index contributed by atoms with van der Waals surface area (Å²) in [6, 6.07) is 16.0. The summed E-state index contributed by atoms with van der Waals surface area (Å²) in [5.41, 5.74) is 2.23. The van der Waals surface area contributed by atoms with E-state index in [0.717, 1.165) is 40.6 Å². The van der Waals surface area contributed by atoms with Crippen molar-refractivity contribution in [1.82, 2.24) is 10.2 Å². The fourth-order valence-electron chi connectivity index (χ4n) is 3.84. The normalized spacial score (nSPS) is 14.9. The van der Waals surface area contributed by atoms with Crippen LogP contribution in [-0.2, 0) is 16.1 Å². The molecule has 0 aromatic heterocycles. The second-order valence-corrected chi connectivity index (χ2v) is 10.3. The molecule has 1 N–H and O–H groups in total. The first-order valence-corrected chi connectivity index (χ1v) is 12.7. The van der Waals surface area contributed by atoms with Crippen molar-refractivity contribution in [2.24, 2.45) is 0 Å². The number of hydrogen-bond acceptors (Lipinski definition) is 3. The van der Waals surface area contributed by atoms with Crippen LogP contribution in [0.15, 0.2) is 57.9 Å². The molecular formula is C25H31BrN2O2S. The third-order valence-electron chi connectivity index (χ3n) is 5.72. The van der Waals surface area contributed by atoms with Gasteiger partial charge in [-0.1, -0.05) is 58.6 Å². The molecule has 0 aliphatic heterocycles. The number of nitrogens with one attached hydrogen (secondary N) is 1. The summed E-state index contributed by atoms with van der Waals surface area (Å²) in [6.45, 7) is 4.33. The van der Waals surface area contributed by atoms with Crippen LogP contribution in [0, 0.1) is 6.92 Å². The van der Waals surface area contributed by atoms with Gasteiger partial charge in [0.1, 0.15) is 6.04 Å². The summed E-state index contributed by atoms with van der Waals surface area (Å²) in [4.78, 5) is 29.0. The molecule has 1 aliphatic carbocycles.